The molecule has 0 fully saturated rings. The molecule has 0 bridgehead atoms. The minimum absolute atomic E-state index is 0.338. The van der Waals surface area contributed by atoms with Gasteiger partial charge in [-0.25, -0.2) is 0 Å². The topological polar surface area (TPSA) is 47.3 Å². The molecule has 0 aliphatic rings. The van der Waals surface area contributed by atoms with Crippen LogP contribution in [0.5, 0.6) is 0 Å². The van der Waals surface area contributed by atoms with Crippen LogP contribution >= 0.6 is 54.9 Å². The molecule has 0 unspecified atom stereocenters. The molecule has 1 aromatic heterocycles. The van der Waals surface area contributed by atoms with Gasteiger partial charge in [0.15, 0.2) is 12.0 Å². The van der Waals surface area contributed by atoms with Crippen LogP contribution in [0, 0.1) is 0 Å². The molecule has 74 valence electrons. The lowest BCUT2D eigenvalue weighted by atomic mass is 10.5. The van der Waals surface area contributed by atoms with Gasteiger partial charge in [0.25, 0.3) is 0 Å². The summed E-state index contributed by atoms with van der Waals surface area (Å²) in [5, 5.41) is -3.22. The molecule has 3 nitrogen and oxygen atoms in total. The molecule has 0 aliphatic heterocycles. The van der Waals surface area contributed by atoms with Crippen molar-refractivity contribution >= 4 is 61.1 Å². The van der Waals surface area contributed by atoms with E-state index in [1.54, 1.807) is 6.07 Å². The summed E-state index contributed by atoms with van der Waals surface area (Å²) < 4.78 is 14.9. The van der Waals surface area contributed by atoms with Crippen molar-refractivity contribution in [3.05, 3.63) is 22.6 Å². The molecule has 0 saturated carbocycles. The van der Waals surface area contributed by atoms with Gasteiger partial charge in [-0.3, -0.25) is 9.36 Å². The summed E-state index contributed by atoms with van der Waals surface area (Å²) in [6, 6.07) is 1.67. The van der Waals surface area contributed by atoms with E-state index >= 15 is 0 Å². The first-order valence-electron chi connectivity index (χ1n) is 2.71. The SMILES string of the molecule is O=Cc1occc1Br.O=P(Cl)(Cl)Cl. The van der Waals surface area contributed by atoms with Gasteiger partial charge in [0.05, 0.1) is 10.7 Å². The Hall–Kier alpha value is 0.530. The highest BCUT2D eigenvalue weighted by molar-refractivity contribution is 9.10. The van der Waals surface area contributed by atoms with Crippen LogP contribution in [0.1, 0.15) is 10.6 Å². The van der Waals surface area contributed by atoms with Crippen molar-refractivity contribution in [2.24, 2.45) is 0 Å². The fraction of sp³-hybridized carbons (Fsp3) is 0. The highest BCUT2D eigenvalue weighted by Crippen LogP contribution is 2.61. The lowest BCUT2D eigenvalue weighted by Crippen LogP contribution is -1.69. The normalized spacial score (nSPS) is 10.2. The number of rotatable bonds is 1. The maximum atomic E-state index is 9.96. The van der Waals surface area contributed by atoms with Crippen molar-refractivity contribution in [1.82, 2.24) is 0 Å². The lowest BCUT2D eigenvalue weighted by Gasteiger charge is -1.76. The number of hydrogen-bond donors (Lipinski definition) is 0. The third kappa shape index (κ3) is 8.85. The smallest absolute Gasteiger partial charge is 0.339 e. The van der Waals surface area contributed by atoms with Crippen molar-refractivity contribution in [2.75, 3.05) is 0 Å². The zero-order valence-corrected chi connectivity index (χ0v) is 10.7. The third-order valence-corrected chi connectivity index (χ3v) is 1.41. The van der Waals surface area contributed by atoms with Crippen molar-refractivity contribution in [2.45, 2.75) is 0 Å². The lowest BCUT2D eigenvalue weighted by molar-refractivity contribution is 0.109. The molecule has 13 heavy (non-hydrogen) atoms. The van der Waals surface area contributed by atoms with Gasteiger partial charge in [-0.2, -0.15) is 0 Å². The summed E-state index contributed by atoms with van der Waals surface area (Å²) in [5.74, 6) is 0.338. The number of halogens is 4. The monoisotopic (exact) mass is 326 g/mol. The van der Waals surface area contributed by atoms with Crippen LogP contribution in [0.15, 0.2) is 21.2 Å². The standard InChI is InChI=1S/C5H3BrO2.Cl3OP/c6-4-1-2-8-5(4)3-7;1-5(2,3)4/h1-3H;. The number of hydrogen-bond acceptors (Lipinski definition) is 3. The minimum Gasteiger partial charge on any atom is -0.460 e. The summed E-state index contributed by atoms with van der Waals surface area (Å²) in [7, 11) is 0. The van der Waals surface area contributed by atoms with E-state index in [1.807, 2.05) is 0 Å². The number of furan rings is 1. The first-order valence-corrected chi connectivity index (χ1v) is 7.93. The second kappa shape index (κ2) is 6.10. The van der Waals surface area contributed by atoms with Crippen LogP contribution in [-0.4, -0.2) is 6.29 Å². The molecule has 1 rings (SSSR count). The summed E-state index contributed by atoms with van der Waals surface area (Å²) >= 11 is 17.0. The quantitative estimate of drug-likeness (QED) is 0.556. The minimum atomic E-state index is -3.22. The van der Waals surface area contributed by atoms with Gasteiger partial charge in [0.1, 0.15) is 0 Å². The van der Waals surface area contributed by atoms with Crippen molar-refractivity contribution < 1.29 is 13.8 Å². The molecule has 0 radical (unpaired) electrons. The average Bonchev–Trinajstić information content (AvgIpc) is 2.31. The second-order valence-electron chi connectivity index (χ2n) is 1.65. The van der Waals surface area contributed by atoms with E-state index in [-0.39, 0.29) is 0 Å². The Bertz CT molecular complexity index is 312. The fourth-order valence-electron chi connectivity index (χ4n) is 0.390. The summed E-state index contributed by atoms with van der Waals surface area (Å²) in [5.41, 5.74) is 0. The average molecular weight is 328 g/mol. The van der Waals surface area contributed by atoms with E-state index < -0.39 is 5.20 Å². The highest BCUT2D eigenvalue weighted by Gasteiger charge is 2.03. The Morgan fingerprint density at radius 3 is 2.08 bits per heavy atom. The van der Waals surface area contributed by atoms with Crippen LogP contribution in [-0.2, 0) is 4.57 Å². The van der Waals surface area contributed by atoms with E-state index in [9.17, 15) is 9.36 Å². The summed E-state index contributed by atoms with van der Waals surface area (Å²) in [6.07, 6.45) is 2.11. The Morgan fingerprint density at radius 1 is 1.46 bits per heavy atom. The first kappa shape index (κ1) is 13.5. The first-order chi connectivity index (χ1) is 5.84. The summed E-state index contributed by atoms with van der Waals surface area (Å²) in [6.45, 7) is 0. The Balaban J connectivity index is 0.000000252. The molecule has 0 saturated heterocycles. The van der Waals surface area contributed by atoms with Gasteiger partial charge >= 0.3 is 5.20 Å². The maximum absolute atomic E-state index is 9.96. The van der Waals surface area contributed by atoms with Crippen molar-refractivity contribution in [3.63, 3.8) is 0 Å². The number of aldehydes is 1. The third-order valence-electron chi connectivity index (χ3n) is 0.752. The fourth-order valence-corrected chi connectivity index (χ4v) is 0.684. The molecule has 0 aliphatic carbocycles. The van der Waals surface area contributed by atoms with Crippen LogP contribution in [0.25, 0.3) is 0 Å². The molecule has 0 amide bonds. The molecule has 0 aromatic carbocycles. The number of carbonyl (C=O) groups excluding carboxylic acids is 1. The maximum Gasteiger partial charge on any atom is 0.339 e. The molecule has 1 aromatic rings. The van der Waals surface area contributed by atoms with E-state index in [2.05, 4.69) is 49.7 Å². The van der Waals surface area contributed by atoms with E-state index in [0.717, 1.165) is 0 Å². The van der Waals surface area contributed by atoms with E-state index in [1.165, 1.54) is 6.26 Å². The van der Waals surface area contributed by atoms with Crippen molar-refractivity contribution in [1.29, 1.82) is 0 Å². The predicted molar refractivity (Wildman–Crippen MR) is 57.0 cm³/mol. The zero-order valence-electron chi connectivity index (χ0n) is 5.92. The molecule has 0 spiro atoms. The van der Waals surface area contributed by atoms with Gasteiger partial charge in [-0.15, -0.1) is 0 Å². The Labute approximate surface area is 97.2 Å². The Kier molecular flexibility index (Phi) is 6.34. The largest absolute Gasteiger partial charge is 0.460 e. The van der Waals surface area contributed by atoms with Gasteiger partial charge < -0.3 is 4.42 Å². The van der Waals surface area contributed by atoms with E-state index in [4.69, 9.17) is 4.42 Å². The molecular formula is C5H3BrCl3O3P. The zero-order chi connectivity index (χ0) is 10.5. The van der Waals surface area contributed by atoms with Crippen LogP contribution in [0.4, 0.5) is 0 Å². The van der Waals surface area contributed by atoms with Crippen LogP contribution in [0.2, 0.25) is 0 Å². The molecule has 0 atom stereocenters. The van der Waals surface area contributed by atoms with Gasteiger partial charge in [0.2, 0.25) is 0 Å². The second-order valence-corrected chi connectivity index (χ2v) is 9.14. The Morgan fingerprint density at radius 2 is 1.92 bits per heavy atom. The molecule has 1 heterocycles. The van der Waals surface area contributed by atoms with Gasteiger partial charge in [-0.1, -0.05) is 0 Å². The molecule has 0 N–H and O–H groups in total. The highest BCUT2D eigenvalue weighted by atomic mass is 79.9. The van der Waals surface area contributed by atoms with Gasteiger partial charge in [0, 0.05) is 0 Å². The molecule has 8 heteroatoms. The van der Waals surface area contributed by atoms with Crippen LogP contribution < -0.4 is 0 Å². The predicted octanol–water partition coefficient (Wildman–Crippen LogP) is 4.67. The van der Waals surface area contributed by atoms with Gasteiger partial charge in [-0.05, 0) is 55.7 Å². The summed E-state index contributed by atoms with van der Waals surface area (Å²) in [4.78, 5) is 9.96. The van der Waals surface area contributed by atoms with E-state index in [0.29, 0.717) is 16.5 Å². The van der Waals surface area contributed by atoms with Crippen molar-refractivity contribution in [3.8, 4) is 0 Å². The van der Waals surface area contributed by atoms with Crippen LogP contribution in [0.3, 0.4) is 0 Å². The number of carbonyl (C=O) groups is 1. The molecular weight excluding hydrogens is 325 g/mol.